The molecule has 0 bridgehead atoms. The summed E-state index contributed by atoms with van der Waals surface area (Å²) in [5, 5.41) is 4.86. The summed E-state index contributed by atoms with van der Waals surface area (Å²) in [6.07, 6.45) is 4.63. The molecule has 20 heavy (non-hydrogen) atoms. The van der Waals surface area contributed by atoms with E-state index < -0.39 is 5.82 Å². The van der Waals surface area contributed by atoms with Crippen molar-refractivity contribution < 1.29 is 4.39 Å². The molecule has 3 rings (SSSR count). The summed E-state index contributed by atoms with van der Waals surface area (Å²) >= 11 is 0. The lowest BCUT2D eigenvalue weighted by atomic mass is 10.0. The minimum Gasteiger partial charge on any atom is -0.354 e. The maximum Gasteiger partial charge on any atom is 0.223 e. The first kappa shape index (κ1) is 12.5. The van der Waals surface area contributed by atoms with Gasteiger partial charge < -0.3 is 5.32 Å². The van der Waals surface area contributed by atoms with Gasteiger partial charge in [-0.15, -0.1) is 0 Å². The predicted octanol–water partition coefficient (Wildman–Crippen LogP) is 3.26. The van der Waals surface area contributed by atoms with Crippen LogP contribution < -0.4 is 5.32 Å². The first-order chi connectivity index (χ1) is 9.79. The van der Waals surface area contributed by atoms with E-state index in [-0.39, 0.29) is 5.69 Å². The number of halogens is 1. The molecule has 2 aromatic heterocycles. The van der Waals surface area contributed by atoms with Gasteiger partial charge in [0.1, 0.15) is 5.69 Å². The van der Waals surface area contributed by atoms with Crippen molar-refractivity contribution in [3.05, 3.63) is 48.7 Å². The second kappa shape index (κ2) is 5.21. The average molecular weight is 268 g/mol. The smallest absolute Gasteiger partial charge is 0.223 e. The number of hydrogen-bond donors (Lipinski definition) is 1. The van der Waals surface area contributed by atoms with Gasteiger partial charge in [-0.05, 0) is 18.4 Å². The zero-order chi connectivity index (χ0) is 13.9. The molecule has 4 nitrogen and oxygen atoms in total. The van der Waals surface area contributed by atoms with Crippen molar-refractivity contribution in [3.63, 3.8) is 0 Å². The highest BCUT2D eigenvalue weighted by atomic mass is 19.1. The van der Waals surface area contributed by atoms with Crippen LogP contribution >= 0.6 is 0 Å². The monoisotopic (exact) mass is 268 g/mol. The van der Waals surface area contributed by atoms with Crippen LogP contribution in [0.5, 0.6) is 0 Å². The third kappa shape index (κ3) is 2.18. The van der Waals surface area contributed by atoms with Crippen LogP contribution in [0.2, 0.25) is 0 Å². The van der Waals surface area contributed by atoms with Crippen LogP contribution in [0.15, 0.2) is 42.9 Å². The van der Waals surface area contributed by atoms with Gasteiger partial charge in [-0.25, -0.2) is 14.4 Å². The van der Waals surface area contributed by atoms with Crippen molar-refractivity contribution in [2.45, 2.75) is 6.92 Å². The molecule has 0 unspecified atom stereocenters. The summed E-state index contributed by atoms with van der Waals surface area (Å²) in [5.74, 6) is -0.0206. The van der Waals surface area contributed by atoms with E-state index in [9.17, 15) is 4.39 Å². The molecule has 0 amide bonds. The Hall–Kier alpha value is -2.56. The maximum absolute atomic E-state index is 14.1. The van der Waals surface area contributed by atoms with E-state index in [0.717, 1.165) is 16.3 Å². The number of nitrogens with zero attached hydrogens (tertiary/aromatic N) is 3. The highest BCUT2D eigenvalue weighted by molar-refractivity contribution is 5.95. The molecule has 100 valence electrons. The van der Waals surface area contributed by atoms with Crippen LogP contribution in [0.1, 0.15) is 6.92 Å². The van der Waals surface area contributed by atoms with Gasteiger partial charge in [0.15, 0.2) is 5.82 Å². The number of nitrogens with one attached hydrogen (secondary N) is 1. The summed E-state index contributed by atoms with van der Waals surface area (Å²) in [7, 11) is 0. The molecule has 0 aliphatic carbocycles. The number of anilines is 1. The molecule has 0 aliphatic heterocycles. The SMILES string of the molecule is CCNc1ncc(F)c(-c2cccc3ccncc23)n1. The first-order valence-electron chi connectivity index (χ1n) is 6.39. The van der Waals surface area contributed by atoms with E-state index in [2.05, 4.69) is 20.3 Å². The van der Waals surface area contributed by atoms with E-state index in [1.165, 1.54) is 6.20 Å². The van der Waals surface area contributed by atoms with Crippen molar-refractivity contribution in [1.29, 1.82) is 0 Å². The third-order valence-corrected chi connectivity index (χ3v) is 3.02. The van der Waals surface area contributed by atoms with E-state index >= 15 is 0 Å². The maximum atomic E-state index is 14.1. The van der Waals surface area contributed by atoms with Gasteiger partial charge in [-0.1, -0.05) is 18.2 Å². The number of fused-ring (bicyclic) bond motifs is 1. The van der Waals surface area contributed by atoms with Gasteiger partial charge >= 0.3 is 0 Å². The van der Waals surface area contributed by atoms with Crippen LogP contribution in [0.3, 0.4) is 0 Å². The highest BCUT2D eigenvalue weighted by Crippen LogP contribution is 2.28. The molecule has 0 atom stereocenters. The van der Waals surface area contributed by atoms with Gasteiger partial charge in [-0.3, -0.25) is 4.98 Å². The molecule has 0 radical (unpaired) electrons. The van der Waals surface area contributed by atoms with Crippen LogP contribution in [-0.2, 0) is 0 Å². The molecule has 0 saturated heterocycles. The Morgan fingerprint density at radius 2 is 2.10 bits per heavy atom. The molecule has 3 aromatic rings. The predicted molar refractivity (Wildman–Crippen MR) is 76.9 cm³/mol. The Kier molecular flexibility index (Phi) is 3.25. The van der Waals surface area contributed by atoms with Gasteiger partial charge in [-0.2, -0.15) is 0 Å². The summed E-state index contributed by atoms with van der Waals surface area (Å²) in [4.78, 5) is 12.3. The number of aromatic nitrogens is 3. The van der Waals surface area contributed by atoms with Gasteiger partial charge in [0, 0.05) is 29.9 Å². The first-order valence-corrected chi connectivity index (χ1v) is 6.39. The Balaban J connectivity index is 2.22. The lowest BCUT2D eigenvalue weighted by molar-refractivity contribution is 0.619. The summed E-state index contributed by atoms with van der Waals surface area (Å²) < 4.78 is 14.1. The van der Waals surface area contributed by atoms with Crippen molar-refractivity contribution in [2.24, 2.45) is 0 Å². The normalized spacial score (nSPS) is 10.7. The van der Waals surface area contributed by atoms with E-state index in [1.807, 2.05) is 31.2 Å². The second-order valence-corrected chi connectivity index (χ2v) is 4.32. The molecule has 0 spiro atoms. The summed E-state index contributed by atoms with van der Waals surface area (Å²) in [6.45, 7) is 2.62. The Labute approximate surface area is 115 Å². The standard InChI is InChI=1S/C15H13FN4/c1-2-18-15-19-9-13(16)14(20-15)11-5-3-4-10-6-7-17-8-12(10)11/h3-9H,2H2,1H3,(H,18,19,20). The quantitative estimate of drug-likeness (QED) is 0.792. The van der Waals surface area contributed by atoms with Crippen LogP contribution in [0.25, 0.3) is 22.0 Å². The highest BCUT2D eigenvalue weighted by Gasteiger charge is 2.12. The fraction of sp³-hybridized carbons (Fsp3) is 0.133. The molecule has 0 aliphatic rings. The second-order valence-electron chi connectivity index (χ2n) is 4.32. The van der Waals surface area contributed by atoms with E-state index in [4.69, 9.17) is 0 Å². The Morgan fingerprint density at radius 3 is 2.95 bits per heavy atom. The van der Waals surface area contributed by atoms with Gasteiger partial charge in [0.05, 0.1) is 6.20 Å². The van der Waals surface area contributed by atoms with Crippen LogP contribution in [0, 0.1) is 5.82 Å². The lowest BCUT2D eigenvalue weighted by Gasteiger charge is -2.08. The van der Waals surface area contributed by atoms with E-state index in [0.29, 0.717) is 12.5 Å². The van der Waals surface area contributed by atoms with Gasteiger partial charge in [0.2, 0.25) is 5.95 Å². The molecule has 5 heteroatoms. The van der Waals surface area contributed by atoms with Crippen molar-refractivity contribution in [3.8, 4) is 11.3 Å². The lowest BCUT2D eigenvalue weighted by Crippen LogP contribution is -2.04. The molecule has 1 N–H and O–H groups in total. The summed E-state index contributed by atoms with van der Waals surface area (Å²) in [6, 6.07) is 7.57. The fourth-order valence-corrected chi connectivity index (χ4v) is 2.12. The largest absolute Gasteiger partial charge is 0.354 e. The zero-order valence-electron chi connectivity index (χ0n) is 11.0. The molecule has 1 aromatic carbocycles. The average Bonchev–Trinajstić information content (AvgIpc) is 2.49. The van der Waals surface area contributed by atoms with Crippen LogP contribution in [0.4, 0.5) is 10.3 Å². The third-order valence-electron chi connectivity index (χ3n) is 3.02. The van der Waals surface area contributed by atoms with Crippen molar-refractivity contribution in [2.75, 3.05) is 11.9 Å². The molecule has 0 saturated carbocycles. The Bertz CT molecular complexity index is 752. The molecular weight excluding hydrogens is 255 g/mol. The van der Waals surface area contributed by atoms with Crippen molar-refractivity contribution in [1.82, 2.24) is 15.0 Å². The summed E-state index contributed by atoms with van der Waals surface area (Å²) in [5.41, 5.74) is 1.00. The van der Waals surface area contributed by atoms with E-state index in [1.54, 1.807) is 12.4 Å². The molecule has 2 heterocycles. The van der Waals surface area contributed by atoms with Gasteiger partial charge in [0.25, 0.3) is 0 Å². The number of rotatable bonds is 3. The molecule has 0 fully saturated rings. The molecular formula is C15H13FN4. The Morgan fingerprint density at radius 1 is 1.20 bits per heavy atom. The topological polar surface area (TPSA) is 50.7 Å². The van der Waals surface area contributed by atoms with Crippen molar-refractivity contribution >= 4 is 16.7 Å². The fourth-order valence-electron chi connectivity index (χ4n) is 2.12. The zero-order valence-corrected chi connectivity index (χ0v) is 11.0. The van der Waals surface area contributed by atoms with Crippen LogP contribution in [-0.4, -0.2) is 21.5 Å². The number of hydrogen-bond acceptors (Lipinski definition) is 4. The number of pyridine rings is 1. The minimum atomic E-state index is -0.442. The minimum absolute atomic E-state index is 0.287. The number of benzene rings is 1.